The van der Waals surface area contributed by atoms with Crippen LogP contribution in [0.25, 0.3) is 0 Å². The average Bonchev–Trinajstić information content (AvgIpc) is 2.85. The standard InChI is InChI=1S/C14H14ClFS/c15-10-11(7-8-12-4-3-9-17-12)13-5-1-2-6-14(13)16/h1-6,9,11H,7-8,10H2. The molecular weight excluding hydrogens is 255 g/mol. The molecule has 2 aromatic rings. The zero-order chi connectivity index (χ0) is 12.1. The summed E-state index contributed by atoms with van der Waals surface area (Å²) in [6.07, 6.45) is 1.86. The van der Waals surface area contributed by atoms with Crippen LogP contribution in [0.2, 0.25) is 0 Å². The highest BCUT2D eigenvalue weighted by Gasteiger charge is 2.14. The molecule has 0 aliphatic heterocycles. The lowest BCUT2D eigenvalue weighted by atomic mass is 9.95. The molecule has 3 heteroatoms. The van der Waals surface area contributed by atoms with Crippen LogP contribution in [0.5, 0.6) is 0 Å². The first kappa shape index (κ1) is 12.6. The molecule has 1 aromatic carbocycles. The lowest BCUT2D eigenvalue weighted by Crippen LogP contribution is -2.04. The SMILES string of the molecule is Fc1ccccc1C(CCl)CCc1cccs1. The molecule has 0 spiro atoms. The minimum absolute atomic E-state index is 0.0972. The van der Waals surface area contributed by atoms with Gasteiger partial charge in [-0.15, -0.1) is 22.9 Å². The summed E-state index contributed by atoms with van der Waals surface area (Å²) in [5.74, 6) is 0.413. The van der Waals surface area contributed by atoms with Gasteiger partial charge in [0, 0.05) is 16.7 Å². The number of benzene rings is 1. The molecule has 0 amide bonds. The Morgan fingerprint density at radius 2 is 2.00 bits per heavy atom. The Balaban J connectivity index is 2.04. The first-order valence-electron chi connectivity index (χ1n) is 5.64. The van der Waals surface area contributed by atoms with Crippen LogP contribution in [0, 0.1) is 5.82 Å². The monoisotopic (exact) mass is 268 g/mol. The highest BCUT2D eigenvalue weighted by molar-refractivity contribution is 7.09. The van der Waals surface area contributed by atoms with Gasteiger partial charge in [-0.1, -0.05) is 24.3 Å². The Labute approximate surface area is 110 Å². The van der Waals surface area contributed by atoms with E-state index in [1.807, 2.05) is 18.2 Å². The van der Waals surface area contributed by atoms with Crippen LogP contribution in [0.1, 0.15) is 22.8 Å². The van der Waals surface area contributed by atoms with Crippen LogP contribution >= 0.6 is 22.9 Å². The van der Waals surface area contributed by atoms with Crippen molar-refractivity contribution in [1.82, 2.24) is 0 Å². The molecule has 0 N–H and O–H groups in total. The molecule has 0 radical (unpaired) electrons. The molecule has 0 nitrogen and oxygen atoms in total. The molecule has 0 saturated heterocycles. The van der Waals surface area contributed by atoms with Gasteiger partial charge in [0.2, 0.25) is 0 Å². The van der Waals surface area contributed by atoms with Crippen molar-refractivity contribution < 1.29 is 4.39 Å². The number of halogens is 2. The number of hydrogen-bond donors (Lipinski definition) is 0. The fourth-order valence-electron chi connectivity index (χ4n) is 1.89. The van der Waals surface area contributed by atoms with Gasteiger partial charge in [-0.2, -0.15) is 0 Å². The topological polar surface area (TPSA) is 0 Å². The van der Waals surface area contributed by atoms with Gasteiger partial charge in [0.1, 0.15) is 5.82 Å². The van der Waals surface area contributed by atoms with Crippen molar-refractivity contribution in [2.75, 3.05) is 5.88 Å². The van der Waals surface area contributed by atoms with E-state index in [1.54, 1.807) is 17.4 Å². The van der Waals surface area contributed by atoms with E-state index in [-0.39, 0.29) is 11.7 Å². The number of alkyl halides is 1. The Bertz CT molecular complexity index is 453. The first-order valence-corrected chi connectivity index (χ1v) is 7.05. The zero-order valence-electron chi connectivity index (χ0n) is 9.40. The highest BCUT2D eigenvalue weighted by Crippen LogP contribution is 2.26. The molecular formula is C14H14ClFS. The molecule has 1 aromatic heterocycles. The Morgan fingerprint density at radius 3 is 2.65 bits per heavy atom. The lowest BCUT2D eigenvalue weighted by molar-refractivity contribution is 0.577. The minimum atomic E-state index is -0.149. The lowest BCUT2D eigenvalue weighted by Gasteiger charge is -2.14. The van der Waals surface area contributed by atoms with Crippen LogP contribution in [0.15, 0.2) is 41.8 Å². The molecule has 0 aliphatic rings. The summed E-state index contributed by atoms with van der Waals surface area (Å²) in [7, 11) is 0. The maximum Gasteiger partial charge on any atom is 0.126 e. The molecule has 90 valence electrons. The summed E-state index contributed by atoms with van der Waals surface area (Å²) in [5, 5.41) is 2.06. The summed E-state index contributed by atoms with van der Waals surface area (Å²) in [6, 6.07) is 11.1. The van der Waals surface area contributed by atoms with E-state index in [4.69, 9.17) is 11.6 Å². The summed E-state index contributed by atoms with van der Waals surface area (Å²) in [4.78, 5) is 1.33. The van der Waals surface area contributed by atoms with Gasteiger partial charge in [-0.3, -0.25) is 0 Å². The van der Waals surface area contributed by atoms with Crippen LogP contribution in [0.3, 0.4) is 0 Å². The van der Waals surface area contributed by atoms with Gasteiger partial charge < -0.3 is 0 Å². The third kappa shape index (κ3) is 3.30. The van der Waals surface area contributed by atoms with Crippen molar-refractivity contribution in [3.63, 3.8) is 0 Å². The van der Waals surface area contributed by atoms with Crippen LogP contribution in [-0.2, 0) is 6.42 Å². The van der Waals surface area contributed by atoms with Crippen molar-refractivity contribution in [2.24, 2.45) is 0 Å². The van der Waals surface area contributed by atoms with Crippen LogP contribution < -0.4 is 0 Å². The molecule has 0 bridgehead atoms. The third-order valence-corrected chi connectivity index (χ3v) is 4.16. The molecule has 0 saturated carbocycles. The maximum atomic E-state index is 13.6. The van der Waals surface area contributed by atoms with E-state index in [9.17, 15) is 4.39 Å². The van der Waals surface area contributed by atoms with E-state index in [2.05, 4.69) is 11.4 Å². The smallest absolute Gasteiger partial charge is 0.126 e. The third-order valence-electron chi connectivity index (χ3n) is 2.85. The summed E-state index contributed by atoms with van der Waals surface area (Å²) in [6.45, 7) is 0. The van der Waals surface area contributed by atoms with Gasteiger partial charge >= 0.3 is 0 Å². The van der Waals surface area contributed by atoms with Gasteiger partial charge in [0.05, 0.1) is 0 Å². The fraction of sp³-hybridized carbons (Fsp3) is 0.286. The predicted molar refractivity (Wildman–Crippen MR) is 72.5 cm³/mol. The van der Waals surface area contributed by atoms with E-state index >= 15 is 0 Å². The Hall–Kier alpha value is -0.860. The second-order valence-electron chi connectivity index (χ2n) is 3.99. The maximum absolute atomic E-state index is 13.6. The van der Waals surface area contributed by atoms with Crippen LogP contribution in [0.4, 0.5) is 4.39 Å². The van der Waals surface area contributed by atoms with Crippen molar-refractivity contribution in [3.8, 4) is 0 Å². The highest BCUT2D eigenvalue weighted by atomic mass is 35.5. The van der Waals surface area contributed by atoms with Crippen molar-refractivity contribution in [3.05, 3.63) is 58.0 Å². The van der Waals surface area contributed by atoms with Crippen LogP contribution in [-0.4, -0.2) is 5.88 Å². The number of thiophene rings is 1. The summed E-state index contributed by atoms with van der Waals surface area (Å²) < 4.78 is 13.6. The van der Waals surface area contributed by atoms with E-state index in [0.717, 1.165) is 18.4 Å². The molecule has 1 atom stereocenters. The Kier molecular flexibility index (Phi) is 4.57. The van der Waals surface area contributed by atoms with E-state index in [0.29, 0.717) is 5.88 Å². The predicted octanol–water partition coefficient (Wildman–Crippen LogP) is 4.84. The largest absolute Gasteiger partial charge is 0.207 e. The molecule has 1 unspecified atom stereocenters. The molecule has 1 heterocycles. The Morgan fingerprint density at radius 1 is 1.18 bits per heavy atom. The van der Waals surface area contributed by atoms with Gasteiger partial charge in [0.25, 0.3) is 0 Å². The minimum Gasteiger partial charge on any atom is -0.207 e. The van der Waals surface area contributed by atoms with Crippen molar-refractivity contribution in [1.29, 1.82) is 0 Å². The van der Waals surface area contributed by atoms with E-state index < -0.39 is 0 Å². The zero-order valence-corrected chi connectivity index (χ0v) is 11.0. The summed E-state index contributed by atoms with van der Waals surface area (Å²) in [5.41, 5.74) is 0.735. The molecule has 0 fully saturated rings. The van der Waals surface area contributed by atoms with E-state index in [1.165, 1.54) is 10.9 Å². The van der Waals surface area contributed by atoms with Gasteiger partial charge in [-0.05, 0) is 35.9 Å². The number of aryl methyl sites for hydroxylation is 1. The average molecular weight is 269 g/mol. The number of hydrogen-bond acceptors (Lipinski definition) is 1. The molecule has 0 aliphatic carbocycles. The van der Waals surface area contributed by atoms with Crippen molar-refractivity contribution >= 4 is 22.9 Å². The second-order valence-corrected chi connectivity index (χ2v) is 5.33. The fourth-order valence-corrected chi connectivity index (χ4v) is 2.94. The van der Waals surface area contributed by atoms with Gasteiger partial charge in [-0.25, -0.2) is 4.39 Å². The quantitative estimate of drug-likeness (QED) is 0.681. The number of rotatable bonds is 5. The second kappa shape index (κ2) is 6.18. The normalized spacial score (nSPS) is 12.6. The first-order chi connectivity index (χ1) is 8.31. The molecule has 17 heavy (non-hydrogen) atoms. The van der Waals surface area contributed by atoms with Crippen molar-refractivity contribution in [2.45, 2.75) is 18.8 Å². The van der Waals surface area contributed by atoms with Gasteiger partial charge in [0.15, 0.2) is 0 Å². The summed E-state index contributed by atoms with van der Waals surface area (Å²) >= 11 is 7.69. The molecule has 2 rings (SSSR count).